The van der Waals surface area contributed by atoms with E-state index in [4.69, 9.17) is 17.3 Å². The van der Waals surface area contributed by atoms with Crippen molar-refractivity contribution in [2.24, 2.45) is 11.0 Å². The molecule has 1 aliphatic heterocycles. The van der Waals surface area contributed by atoms with Gasteiger partial charge in [0.2, 0.25) is 0 Å². The largest absolute Gasteiger partial charge is 0.397 e. The summed E-state index contributed by atoms with van der Waals surface area (Å²) < 4.78 is 0. The molecule has 2 atom stereocenters. The lowest BCUT2D eigenvalue weighted by molar-refractivity contribution is 0.102. The van der Waals surface area contributed by atoms with Crippen LogP contribution in [0.3, 0.4) is 0 Å². The summed E-state index contributed by atoms with van der Waals surface area (Å²) in [5.74, 6) is -0.0658. The summed E-state index contributed by atoms with van der Waals surface area (Å²) in [6.07, 6.45) is 7.87. The normalized spacial score (nSPS) is 20.3. The number of amides is 1. The molecule has 0 radical (unpaired) electrons. The van der Waals surface area contributed by atoms with Crippen molar-refractivity contribution >= 4 is 35.1 Å². The second kappa shape index (κ2) is 7.29. The van der Waals surface area contributed by atoms with E-state index in [0.717, 1.165) is 10.6 Å². The fourth-order valence-electron chi connectivity index (χ4n) is 3.23. The van der Waals surface area contributed by atoms with E-state index < -0.39 is 0 Å². The highest BCUT2D eigenvalue weighted by atomic mass is 35.5. The van der Waals surface area contributed by atoms with Crippen molar-refractivity contribution in [2.75, 3.05) is 11.1 Å². The molecule has 0 saturated heterocycles. The van der Waals surface area contributed by atoms with Crippen LogP contribution in [0.1, 0.15) is 15.9 Å². The van der Waals surface area contributed by atoms with Gasteiger partial charge in [-0.15, -0.1) is 0 Å². The number of para-hydroxylation sites is 2. The zero-order valence-electron chi connectivity index (χ0n) is 14.5. The number of carbonyl (C=O) groups excluding carboxylic acids is 1. The number of hydrogen-bond donors (Lipinski definition) is 2. The number of nitrogens with two attached hydrogens (primary N) is 1. The molecule has 4 rings (SSSR count). The number of rotatable bonds is 4. The summed E-state index contributed by atoms with van der Waals surface area (Å²) in [6, 6.07) is 14.8. The van der Waals surface area contributed by atoms with Crippen LogP contribution in [-0.4, -0.2) is 23.2 Å². The summed E-state index contributed by atoms with van der Waals surface area (Å²) in [5, 5.41) is 10.1. The van der Waals surface area contributed by atoms with E-state index in [1.807, 2.05) is 59.8 Å². The zero-order valence-corrected chi connectivity index (χ0v) is 15.3. The lowest BCUT2D eigenvalue weighted by atomic mass is 9.96. The number of nitrogens with one attached hydrogen (secondary N) is 1. The molecule has 136 valence electrons. The number of hydrazone groups is 1. The van der Waals surface area contributed by atoms with Gasteiger partial charge in [-0.1, -0.05) is 48.0 Å². The van der Waals surface area contributed by atoms with Crippen LogP contribution in [-0.2, 0) is 6.54 Å². The number of anilines is 2. The number of fused-ring (bicyclic) bond motifs is 1. The third kappa shape index (κ3) is 3.59. The summed E-state index contributed by atoms with van der Waals surface area (Å²) in [6.45, 7) is 0.652. The average Bonchev–Trinajstić information content (AvgIpc) is 3.08. The molecule has 0 spiro atoms. The number of carbonyl (C=O) groups is 1. The first-order chi connectivity index (χ1) is 13.1. The van der Waals surface area contributed by atoms with Crippen LogP contribution in [0.5, 0.6) is 0 Å². The van der Waals surface area contributed by atoms with Gasteiger partial charge in [0.15, 0.2) is 0 Å². The molecule has 3 N–H and O–H groups in total. The molecule has 27 heavy (non-hydrogen) atoms. The first-order valence-electron chi connectivity index (χ1n) is 8.71. The van der Waals surface area contributed by atoms with E-state index in [2.05, 4.69) is 16.5 Å². The van der Waals surface area contributed by atoms with Gasteiger partial charge in [0.1, 0.15) is 0 Å². The monoisotopic (exact) mass is 378 g/mol. The first-order valence-corrected chi connectivity index (χ1v) is 9.09. The Kier molecular flexibility index (Phi) is 4.69. The summed E-state index contributed by atoms with van der Waals surface area (Å²) in [4.78, 5) is 12.4. The highest BCUT2D eigenvalue weighted by Gasteiger charge is 2.32. The van der Waals surface area contributed by atoms with E-state index >= 15 is 0 Å². The minimum atomic E-state index is -0.189. The number of halogens is 1. The lowest BCUT2D eigenvalue weighted by Gasteiger charge is -2.26. The molecule has 1 aliphatic carbocycles. The summed E-state index contributed by atoms with van der Waals surface area (Å²) in [7, 11) is 0. The smallest absolute Gasteiger partial charge is 0.255 e. The Balaban J connectivity index is 1.42. The van der Waals surface area contributed by atoms with Gasteiger partial charge in [-0.25, -0.2) is 0 Å². The van der Waals surface area contributed by atoms with Gasteiger partial charge < -0.3 is 11.1 Å². The maximum atomic E-state index is 12.4. The molecular weight excluding hydrogens is 360 g/mol. The predicted molar refractivity (Wildman–Crippen MR) is 110 cm³/mol. The molecule has 0 fully saturated rings. The van der Waals surface area contributed by atoms with Gasteiger partial charge in [-0.3, -0.25) is 9.80 Å². The number of hydrogen-bond acceptors (Lipinski definition) is 4. The second-order valence-electron chi connectivity index (χ2n) is 6.55. The van der Waals surface area contributed by atoms with Gasteiger partial charge in [-0.2, -0.15) is 5.10 Å². The zero-order chi connectivity index (χ0) is 18.8. The molecular formula is C21H19ClN4O. The molecule has 0 saturated carbocycles. The van der Waals surface area contributed by atoms with Crippen LogP contribution >= 0.6 is 11.6 Å². The van der Waals surface area contributed by atoms with E-state index in [1.54, 1.807) is 12.1 Å². The van der Waals surface area contributed by atoms with Crippen molar-refractivity contribution < 1.29 is 4.79 Å². The average molecular weight is 379 g/mol. The van der Waals surface area contributed by atoms with E-state index in [0.29, 0.717) is 23.5 Å². The minimum Gasteiger partial charge on any atom is -0.397 e. The molecule has 1 amide bonds. The van der Waals surface area contributed by atoms with Gasteiger partial charge in [-0.05, 0) is 35.9 Å². The highest BCUT2D eigenvalue weighted by molar-refractivity contribution is 6.31. The van der Waals surface area contributed by atoms with Crippen molar-refractivity contribution in [3.05, 3.63) is 82.9 Å². The third-order valence-corrected chi connectivity index (χ3v) is 5.12. The van der Waals surface area contributed by atoms with Crippen molar-refractivity contribution in [2.45, 2.75) is 12.6 Å². The highest BCUT2D eigenvalue weighted by Crippen LogP contribution is 2.31. The van der Waals surface area contributed by atoms with Crippen LogP contribution < -0.4 is 11.1 Å². The maximum Gasteiger partial charge on any atom is 0.255 e. The Labute approximate surface area is 162 Å². The van der Waals surface area contributed by atoms with Crippen LogP contribution in [0.15, 0.2) is 76.9 Å². The summed E-state index contributed by atoms with van der Waals surface area (Å²) >= 11 is 6.26. The van der Waals surface area contributed by atoms with Crippen molar-refractivity contribution in [3.8, 4) is 0 Å². The van der Waals surface area contributed by atoms with Gasteiger partial charge in [0, 0.05) is 16.8 Å². The van der Waals surface area contributed by atoms with Crippen molar-refractivity contribution in [1.29, 1.82) is 0 Å². The second-order valence-corrected chi connectivity index (χ2v) is 6.99. The molecule has 2 unspecified atom stereocenters. The number of allylic oxidation sites excluding steroid dienone is 2. The predicted octanol–water partition coefficient (Wildman–Crippen LogP) is 4.00. The minimum absolute atomic E-state index is 0.123. The van der Waals surface area contributed by atoms with Crippen LogP contribution in [0.25, 0.3) is 0 Å². The van der Waals surface area contributed by atoms with Crippen molar-refractivity contribution in [3.63, 3.8) is 0 Å². The SMILES string of the molecule is Nc1ccccc1NC(=O)c1ccc(CN2N=CC3C(Cl)=CC=CC32)cc1. The van der Waals surface area contributed by atoms with E-state index in [9.17, 15) is 4.79 Å². The molecule has 6 heteroatoms. The van der Waals surface area contributed by atoms with E-state index in [1.165, 1.54) is 0 Å². The molecule has 0 aromatic heterocycles. The summed E-state index contributed by atoms with van der Waals surface area (Å²) in [5.41, 5.74) is 8.67. The maximum absolute atomic E-state index is 12.4. The first kappa shape index (κ1) is 17.4. The Hall–Kier alpha value is -3.05. The van der Waals surface area contributed by atoms with Gasteiger partial charge >= 0.3 is 0 Å². The third-order valence-electron chi connectivity index (χ3n) is 4.74. The number of nitrogen functional groups attached to an aromatic ring is 1. The lowest BCUT2D eigenvalue weighted by Crippen LogP contribution is -2.31. The molecule has 0 bridgehead atoms. The molecule has 5 nitrogen and oxygen atoms in total. The Morgan fingerprint density at radius 2 is 1.96 bits per heavy atom. The van der Waals surface area contributed by atoms with Crippen LogP contribution in [0, 0.1) is 5.92 Å². The fraction of sp³-hybridized carbons (Fsp3) is 0.143. The van der Waals surface area contributed by atoms with Crippen LogP contribution in [0.4, 0.5) is 11.4 Å². The fourth-order valence-corrected chi connectivity index (χ4v) is 3.49. The van der Waals surface area contributed by atoms with E-state index in [-0.39, 0.29) is 17.9 Å². The number of nitrogens with zero attached hydrogens (tertiary/aromatic N) is 2. The molecule has 1 heterocycles. The van der Waals surface area contributed by atoms with Gasteiger partial charge in [0.05, 0.1) is 29.9 Å². The quantitative estimate of drug-likeness (QED) is 0.790. The Morgan fingerprint density at radius 3 is 2.74 bits per heavy atom. The Morgan fingerprint density at radius 1 is 1.19 bits per heavy atom. The Bertz CT molecular complexity index is 949. The standard InChI is InChI=1S/C21H19ClN4O/c22-17-4-3-7-20-16(17)12-24-26(20)13-14-8-10-15(11-9-14)21(27)25-19-6-2-1-5-18(19)23/h1-12,16,20H,13,23H2,(H,25,27). The van der Waals surface area contributed by atoms with Crippen LogP contribution in [0.2, 0.25) is 0 Å². The van der Waals surface area contributed by atoms with Gasteiger partial charge in [0.25, 0.3) is 5.91 Å². The van der Waals surface area contributed by atoms with Crippen molar-refractivity contribution in [1.82, 2.24) is 5.01 Å². The molecule has 2 aliphatic rings. The molecule has 2 aromatic carbocycles. The molecule has 2 aromatic rings. The number of benzene rings is 2. The topological polar surface area (TPSA) is 70.7 Å².